The summed E-state index contributed by atoms with van der Waals surface area (Å²) in [6.45, 7) is 2.09. The van der Waals surface area contributed by atoms with Crippen LogP contribution in [0, 0.1) is 0 Å². The maximum atomic E-state index is 12.6. The molecule has 2 heterocycles. The van der Waals surface area contributed by atoms with Crippen LogP contribution >= 0.6 is 0 Å². The fraction of sp³-hybridized carbons (Fsp3) is 0.500. The number of aromatic nitrogens is 3. The van der Waals surface area contributed by atoms with E-state index in [9.17, 15) is 4.79 Å². The number of nitrogens with zero attached hydrogens (tertiary/aromatic N) is 4. The first kappa shape index (κ1) is 15.3. The third-order valence-electron chi connectivity index (χ3n) is 5.19. The molecule has 2 fully saturated rings. The molecule has 0 bridgehead atoms. The van der Waals surface area contributed by atoms with E-state index in [-0.39, 0.29) is 11.9 Å². The van der Waals surface area contributed by atoms with E-state index >= 15 is 0 Å². The van der Waals surface area contributed by atoms with Gasteiger partial charge in [-0.25, -0.2) is 4.68 Å². The lowest BCUT2D eigenvalue weighted by atomic mass is 10.1. The van der Waals surface area contributed by atoms with Crippen molar-refractivity contribution in [2.75, 3.05) is 13.1 Å². The molecule has 6 nitrogen and oxygen atoms in total. The number of benzene rings is 1. The molecule has 0 unspecified atom stereocenters. The third-order valence-corrected chi connectivity index (χ3v) is 5.19. The highest BCUT2D eigenvalue weighted by Crippen LogP contribution is 2.26. The fourth-order valence-electron chi connectivity index (χ4n) is 3.91. The Bertz CT molecular complexity index is 693. The van der Waals surface area contributed by atoms with Crippen LogP contribution in [-0.4, -0.2) is 51.0 Å². The van der Waals surface area contributed by atoms with E-state index < -0.39 is 0 Å². The van der Waals surface area contributed by atoms with Crippen molar-refractivity contribution in [3.63, 3.8) is 0 Å². The highest BCUT2D eigenvalue weighted by molar-refractivity contribution is 5.94. The summed E-state index contributed by atoms with van der Waals surface area (Å²) >= 11 is 0. The molecule has 24 heavy (non-hydrogen) atoms. The first-order valence-corrected chi connectivity index (χ1v) is 8.81. The van der Waals surface area contributed by atoms with Gasteiger partial charge in [-0.05, 0) is 37.5 Å². The summed E-state index contributed by atoms with van der Waals surface area (Å²) in [6, 6.07) is 8.50. The second kappa shape index (κ2) is 6.73. The molecule has 126 valence electrons. The first-order chi connectivity index (χ1) is 11.8. The predicted molar refractivity (Wildman–Crippen MR) is 91.1 cm³/mol. The Hall–Kier alpha value is -2.21. The van der Waals surface area contributed by atoms with E-state index in [1.165, 1.54) is 25.7 Å². The highest BCUT2D eigenvalue weighted by Gasteiger charge is 2.30. The molecule has 4 rings (SSSR count). The van der Waals surface area contributed by atoms with Crippen molar-refractivity contribution in [3.8, 4) is 5.69 Å². The van der Waals surface area contributed by atoms with E-state index in [0.29, 0.717) is 5.56 Å². The van der Waals surface area contributed by atoms with Crippen LogP contribution in [0.3, 0.4) is 0 Å². The van der Waals surface area contributed by atoms with E-state index in [1.807, 2.05) is 24.3 Å². The number of likely N-dealkylation sites (tertiary alicyclic amines) is 1. The van der Waals surface area contributed by atoms with Gasteiger partial charge >= 0.3 is 0 Å². The molecule has 1 aliphatic heterocycles. The van der Waals surface area contributed by atoms with Crippen LogP contribution in [0.2, 0.25) is 0 Å². The van der Waals surface area contributed by atoms with Crippen LogP contribution in [0.5, 0.6) is 0 Å². The van der Waals surface area contributed by atoms with Gasteiger partial charge in [0.2, 0.25) is 0 Å². The Morgan fingerprint density at radius 3 is 2.88 bits per heavy atom. The molecule has 1 aromatic heterocycles. The van der Waals surface area contributed by atoms with Gasteiger partial charge in [-0.2, -0.15) is 0 Å². The number of carbonyl (C=O) groups is 1. The normalized spacial score (nSPS) is 22.1. The molecule has 1 atom stereocenters. The molecule has 1 aromatic carbocycles. The van der Waals surface area contributed by atoms with Gasteiger partial charge in [-0.1, -0.05) is 24.1 Å². The minimum atomic E-state index is -0.00441. The van der Waals surface area contributed by atoms with Crippen molar-refractivity contribution in [2.45, 2.75) is 44.2 Å². The Balaban J connectivity index is 1.39. The fourth-order valence-corrected chi connectivity index (χ4v) is 3.91. The number of rotatable bonds is 4. The van der Waals surface area contributed by atoms with Gasteiger partial charge < -0.3 is 5.32 Å². The summed E-state index contributed by atoms with van der Waals surface area (Å²) in [6.07, 6.45) is 9.79. The summed E-state index contributed by atoms with van der Waals surface area (Å²) in [5, 5.41) is 11.0. The Morgan fingerprint density at radius 2 is 2.08 bits per heavy atom. The van der Waals surface area contributed by atoms with Crippen LogP contribution < -0.4 is 5.32 Å². The summed E-state index contributed by atoms with van der Waals surface area (Å²) in [4.78, 5) is 15.1. The molecule has 1 N–H and O–H groups in total. The molecule has 1 amide bonds. The van der Waals surface area contributed by atoms with Crippen molar-refractivity contribution < 1.29 is 4.79 Å². The zero-order valence-corrected chi connectivity index (χ0v) is 13.8. The topological polar surface area (TPSA) is 63.1 Å². The van der Waals surface area contributed by atoms with Crippen molar-refractivity contribution in [1.29, 1.82) is 0 Å². The van der Waals surface area contributed by atoms with Crippen LogP contribution in [0.25, 0.3) is 5.69 Å². The van der Waals surface area contributed by atoms with Gasteiger partial charge in [0, 0.05) is 30.7 Å². The molecular formula is C18H23N5O. The number of hydrogen-bond donors (Lipinski definition) is 1. The molecule has 1 saturated heterocycles. The third kappa shape index (κ3) is 3.19. The van der Waals surface area contributed by atoms with E-state index in [1.54, 1.807) is 17.1 Å². The Morgan fingerprint density at radius 1 is 1.21 bits per heavy atom. The van der Waals surface area contributed by atoms with Crippen LogP contribution in [0.1, 0.15) is 42.5 Å². The van der Waals surface area contributed by atoms with E-state index in [4.69, 9.17) is 0 Å². The second-order valence-electron chi connectivity index (χ2n) is 6.79. The van der Waals surface area contributed by atoms with Crippen molar-refractivity contribution >= 4 is 5.91 Å². The molecule has 2 aromatic rings. The monoisotopic (exact) mass is 325 g/mol. The van der Waals surface area contributed by atoms with E-state index in [2.05, 4.69) is 20.5 Å². The molecule has 6 heteroatoms. The van der Waals surface area contributed by atoms with Gasteiger partial charge in [-0.3, -0.25) is 9.69 Å². The molecular weight excluding hydrogens is 302 g/mol. The Kier molecular flexibility index (Phi) is 4.30. The maximum Gasteiger partial charge on any atom is 0.251 e. The van der Waals surface area contributed by atoms with Crippen molar-refractivity contribution in [3.05, 3.63) is 42.2 Å². The minimum Gasteiger partial charge on any atom is -0.348 e. The zero-order chi connectivity index (χ0) is 16.4. The van der Waals surface area contributed by atoms with Gasteiger partial charge in [0.1, 0.15) is 0 Å². The number of amides is 1. The maximum absolute atomic E-state index is 12.6. The second-order valence-corrected chi connectivity index (χ2v) is 6.79. The zero-order valence-electron chi connectivity index (χ0n) is 13.8. The first-order valence-electron chi connectivity index (χ1n) is 8.81. The number of nitrogens with one attached hydrogen (secondary N) is 1. The summed E-state index contributed by atoms with van der Waals surface area (Å²) in [7, 11) is 0. The Labute approximate surface area is 141 Å². The largest absolute Gasteiger partial charge is 0.348 e. The van der Waals surface area contributed by atoms with Crippen LogP contribution in [-0.2, 0) is 0 Å². The van der Waals surface area contributed by atoms with Gasteiger partial charge in [-0.15, -0.1) is 5.10 Å². The predicted octanol–water partition coefficient (Wildman–Crippen LogP) is 2.01. The molecule has 1 saturated carbocycles. The number of carbonyl (C=O) groups excluding carboxylic acids is 1. The lowest BCUT2D eigenvalue weighted by Crippen LogP contribution is -2.39. The van der Waals surface area contributed by atoms with Crippen LogP contribution in [0.4, 0.5) is 0 Å². The quantitative estimate of drug-likeness (QED) is 0.934. The lowest BCUT2D eigenvalue weighted by Gasteiger charge is -2.23. The molecule has 1 aliphatic carbocycles. The molecule has 2 aliphatic rings. The average molecular weight is 325 g/mol. The SMILES string of the molecule is O=C(N[C@H]1CCN(C2CCCC2)C1)c1cccc(-n2ccnn2)c1. The molecule has 0 radical (unpaired) electrons. The van der Waals surface area contributed by atoms with Crippen molar-refractivity contribution in [1.82, 2.24) is 25.2 Å². The molecule has 0 spiro atoms. The number of hydrogen-bond acceptors (Lipinski definition) is 4. The summed E-state index contributed by atoms with van der Waals surface area (Å²) in [5.41, 5.74) is 1.52. The average Bonchev–Trinajstić information content (AvgIpc) is 3.36. The standard InChI is InChI=1S/C18H23N5O/c24-18(14-4-3-7-17(12-14)23-11-9-19-21-23)20-15-8-10-22(13-15)16-5-1-2-6-16/h3-4,7,9,11-12,15-16H,1-2,5-6,8,10,13H2,(H,20,24)/t15-/m0/s1. The lowest BCUT2D eigenvalue weighted by molar-refractivity contribution is 0.0936. The van der Waals surface area contributed by atoms with Gasteiger partial charge in [0.05, 0.1) is 18.1 Å². The van der Waals surface area contributed by atoms with E-state index in [0.717, 1.165) is 31.2 Å². The summed E-state index contributed by atoms with van der Waals surface area (Å²) < 4.78 is 1.66. The van der Waals surface area contributed by atoms with Gasteiger partial charge in [0.15, 0.2) is 0 Å². The van der Waals surface area contributed by atoms with Crippen molar-refractivity contribution in [2.24, 2.45) is 0 Å². The smallest absolute Gasteiger partial charge is 0.251 e. The van der Waals surface area contributed by atoms with Crippen LogP contribution in [0.15, 0.2) is 36.7 Å². The minimum absolute atomic E-state index is 0.00441. The summed E-state index contributed by atoms with van der Waals surface area (Å²) in [5.74, 6) is -0.00441. The highest BCUT2D eigenvalue weighted by atomic mass is 16.1. The van der Waals surface area contributed by atoms with Gasteiger partial charge in [0.25, 0.3) is 5.91 Å².